The molecule has 0 aliphatic carbocycles. The van der Waals surface area contributed by atoms with Crippen LogP contribution < -0.4 is 14.8 Å². The second-order valence-electron chi connectivity index (χ2n) is 6.48. The van der Waals surface area contributed by atoms with Gasteiger partial charge >= 0.3 is 0 Å². The number of aryl methyl sites for hydroxylation is 1. The number of halogens is 2. The third-order valence-electron chi connectivity index (χ3n) is 4.54. The Morgan fingerprint density at radius 3 is 2.52 bits per heavy atom. The second-order valence-corrected chi connectivity index (χ2v) is 7.68. The molecule has 0 saturated carbocycles. The van der Waals surface area contributed by atoms with Crippen LogP contribution in [0.2, 0.25) is 5.02 Å². The Bertz CT molecular complexity index is 1070. The summed E-state index contributed by atoms with van der Waals surface area (Å²) in [5, 5.41) is 7.79. The molecule has 2 aromatic carbocycles. The molecule has 152 valence electrons. The number of aromatic nitrogens is 2. The molecule has 3 rings (SSSR count). The quantitative estimate of drug-likeness (QED) is 0.527. The molecule has 1 aromatic heterocycles. The number of rotatable bonds is 6. The first-order valence-corrected chi connectivity index (χ1v) is 10.0. The number of carbonyl (C=O) groups excluding carboxylic acids is 1. The van der Waals surface area contributed by atoms with Gasteiger partial charge in [0.2, 0.25) is 0 Å². The molecule has 0 saturated heterocycles. The number of nitrogens with zero attached hydrogens (tertiary/aromatic N) is 2. The van der Waals surface area contributed by atoms with Crippen LogP contribution in [0.4, 0.5) is 5.69 Å². The molecule has 0 atom stereocenters. The normalized spacial score (nSPS) is 10.7. The minimum atomic E-state index is -0.260. The molecule has 0 radical (unpaired) electrons. The molecule has 0 spiro atoms. The van der Waals surface area contributed by atoms with E-state index in [1.54, 1.807) is 18.2 Å². The highest BCUT2D eigenvalue weighted by Crippen LogP contribution is 2.36. The number of hydrogen-bond acceptors (Lipinski definition) is 4. The molecule has 29 heavy (non-hydrogen) atoms. The second kappa shape index (κ2) is 8.88. The minimum absolute atomic E-state index is 0.260. The summed E-state index contributed by atoms with van der Waals surface area (Å²) >= 11 is 9.67. The lowest BCUT2D eigenvalue weighted by Crippen LogP contribution is -2.13. The van der Waals surface area contributed by atoms with Crippen LogP contribution in [0.5, 0.6) is 11.5 Å². The van der Waals surface area contributed by atoms with E-state index in [1.807, 2.05) is 36.7 Å². The molecule has 1 N–H and O–H groups in total. The van der Waals surface area contributed by atoms with Gasteiger partial charge in [-0.3, -0.25) is 9.48 Å². The molecular weight excluding hydrogens is 458 g/mol. The van der Waals surface area contributed by atoms with Crippen molar-refractivity contribution >= 4 is 39.1 Å². The molecule has 0 fully saturated rings. The Balaban J connectivity index is 1.84. The van der Waals surface area contributed by atoms with Crippen molar-refractivity contribution in [2.75, 3.05) is 19.5 Å². The Kier molecular flexibility index (Phi) is 6.49. The van der Waals surface area contributed by atoms with E-state index in [0.717, 1.165) is 21.4 Å². The number of anilines is 1. The molecule has 1 amide bonds. The summed E-state index contributed by atoms with van der Waals surface area (Å²) in [5.41, 5.74) is 3.94. The van der Waals surface area contributed by atoms with E-state index in [9.17, 15) is 4.79 Å². The molecule has 0 aliphatic heterocycles. The summed E-state index contributed by atoms with van der Waals surface area (Å²) in [6, 6.07) is 10.7. The van der Waals surface area contributed by atoms with E-state index in [2.05, 4.69) is 26.3 Å². The topological polar surface area (TPSA) is 65.4 Å². The Morgan fingerprint density at radius 1 is 1.17 bits per heavy atom. The van der Waals surface area contributed by atoms with Crippen molar-refractivity contribution in [3.8, 4) is 11.5 Å². The number of benzene rings is 2. The summed E-state index contributed by atoms with van der Waals surface area (Å²) in [6.45, 7) is 4.52. The van der Waals surface area contributed by atoms with Crippen LogP contribution in [0, 0.1) is 13.8 Å². The summed E-state index contributed by atoms with van der Waals surface area (Å²) < 4.78 is 13.5. The van der Waals surface area contributed by atoms with Gasteiger partial charge in [0.1, 0.15) is 11.5 Å². The van der Waals surface area contributed by atoms with Gasteiger partial charge in [-0.1, -0.05) is 23.7 Å². The SMILES string of the molecule is COc1cc(NC(=O)c2cccc(Cn3nc(C)c(Br)c3C)c2)c(OC)cc1Cl. The third-order valence-corrected chi connectivity index (χ3v) is 5.98. The van der Waals surface area contributed by atoms with E-state index < -0.39 is 0 Å². The van der Waals surface area contributed by atoms with Crippen LogP contribution in [0.1, 0.15) is 27.3 Å². The van der Waals surface area contributed by atoms with Crippen molar-refractivity contribution in [1.82, 2.24) is 9.78 Å². The predicted octanol–water partition coefficient (Wildman–Crippen LogP) is 5.23. The lowest BCUT2D eigenvalue weighted by atomic mass is 10.1. The first-order chi connectivity index (χ1) is 13.8. The maximum Gasteiger partial charge on any atom is 0.255 e. The van der Waals surface area contributed by atoms with Crippen LogP contribution in [0.15, 0.2) is 40.9 Å². The predicted molar refractivity (Wildman–Crippen MR) is 117 cm³/mol. The van der Waals surface area contributed by atoms with Crippen LogP contribution in [0.25, 0.3) is 0 Å². The van der Waals surface area contributed by atoms with Gasteiger partial charge in [0.25, 0.3) is 5.91 Å². The molecule has 6 nitrogen and oxygen atoms in total. The summed E-state index contributed by atoms with van der Waals surface area (Å²) in [5.74, 6) is 0.642. The van der Waals surface area contributed by atoms with Gasteiger partial charge < -0.3 is 14.8 Å². The van der Waals surface area contributed by atoms with Gasteiger partial charge in [-0.05, 0) is 47.5 Å². The number of amides is 1. The first-order valence-electron chi connectivity index (χ1n) is 8.85. The highest BCUT2D eigenvalue weighted by molar-refractivity contribution is 9.10. The summed E-state index contributed by atoms with van der Waals surface area (Å²) in [4.78, 5) is 12.8. The number of nitrogens with one attached hydrogen (secondary N) is 1. The van der Waals surface area contributed by atoms with Crippen molar-refractivity contribution in [1.29, 1.82) is 0 Å². The van der Waals surface area contributed by atoms with E-state index in [1.165, 1.54) is 14.2 Å². The largest absolute Gasteiger partial charge is 0.495 e. The highest BCUT2D eigenvalue weighted by Gasteiger charge is 2.15. The molecule has 0 aliphatic rings. The van der Waals surface area contributed by atoms with Gasteiger partial charge in [-0.15, -0.1) is 0 Å². The fraction of sp³-hybridized carbons (Fsp3) is 0.238. The monoisotopic (exact) mass is 477 g/mol. The molecule has 0 unspecified atom stereocenters. The summed E-state index contributed by atoms with van der Waals surface area (Å²) in [6.07, 6.45) is 0. The number of ether oxygens (including phenoxy) is 2. The van der Waals surface area contributed by atoms with Crippen LogP contribution in [0.3, 0.4) is 0 Å². The molecule has 8 heteroatoms. The van der Waals surface area contributed by atoms with Crippen molar-refractivity contribution in [2.24, 2.45) is 0 Å². The van der Waals surface area contributed by atoms with Gasteiger partial charge in [0.05, 0.1) is 47.3 Å². The Hall–Kier alpha value is -2.51. The van der Waals surface area contributed by atoms with Crippen LogP contribution in [-0.4, -0.2) is 29.9 Å². The van der Waals surface area contributed by atoms with E-state index >= 15 is 0 Å². The average Bonchev–Trinajstić information content (AvgIpc) is 2.95. The third kappa shape index (κ3) is 4.57. The number of hydrogen-bond donors (Lipinski definition) is 1. The van der Waals surface area contributed by atoms with Gasteiger partial charge in [-0.2, -0.15) is 5.10 Å². The lowest BCUT2D eigenvalue weighted by Gasteiger charge is -2.13. The molecular formula is C21H21BrClN3O3. The number of carbonyl (C=O) groups is 1. The number of methoxy groups -OCH3 is 2. The average molecular weight is 479 g/mol. The van der Waals surface area contributed by atoms with Crippen molar-refractivity contribution in [3.05, 3.63) is 68.4 Å². The fourth-order valence-corrected chi connectivity index (χ4v) is 3.48. The highest BCUT2D eigenvalue weighted by atomic mass is 79.9. The molecule has 1 heterocycles. The van der Waals surface area contributed by atoms with Crippen LogP contribution >= 0.6 is 27.5 Å². The van der Waals surface area contributed by atoms with Crippen molar-refractivity contribution in [2.45, 2.75) is 20.4 Å². The van der Waals surface area contributed by atoms with Crippen molar-refractivity contribution < 1.29 is 14.3 Å². The zero-order valence-electron chi connectivity index (χ0n) is 16.5. The molecule has 0 bridgehead atoms. The van der Waals surface area contributed by atoms with E-state index in [4.69, 9.17) is 21.1 Å². The van der Waals surface area contributed by atoms with E-state index in [-0.39, 0.29) is 5.91 Å². The Morgan fingerprint density at radius 2 is 1.90 bits per heavy atom. The zero-order chi connectivity index (χ0) is 21.1. The summed E-state index contributed by atoms with van der Waals surface area (Å²) in [7, 11) is 3.03. The van der Waals surface area contributed by atoms with Gasteiger partial charge in [0, 0.05) is 17.7 Å². The fourth-order valence-electron chi connectivity index (χ4n) is 2.97. The van der Waals surface area contributed by atoms with Crippen molar-refractivity contribution in [3.63, 3.8) is 0 Å². The lowest BCUT2D eigenvalue weighted by molar-refractivity contribution is 0.102. The maximum atomic E-state index is 12.8. The minimum Gasteiger partial charge on any atom is -0.495 e. The first kappa shape index (κ1) is 21.2. The zero-order valence-corrected chi connectivity index (χ0v) is 18.9. The smallest absolute Gasteiger partial charge is 0.255 e. The van der Waals surface area contributed by atoms with Gasteiger partial charge in [0.15, 0.2) is 0 Å². The standard InChI is InChI=1S/C21H21BrClN3O3/c1-12-20(22)13(2)26(25-12)11-14-6-5-7-15(8-14)21(27)24-17-10-18(28-3)16(23)9-19(17)29-4/h5-10H,11H2,1-4H3,(H,24,27). The Labute approximate surface area is 182 Å². The van der Waals surface area contributed by atoms with Gasteiger partial charge in [-0.25, -0.2) is 0 Å². The van der Waals surface area contributed by atoms with Crippen LogP contribution in [-0.2, 0) is 6.54 Å². The van der Waals surface area contributed by atoms with E-state index in [0.29, 0.717) is 34.3 Å². The molecule has 3 aromatic rings. The maximum absolute atomic E-state index is 12.8.